The molecule has 3 aliphatic rings. The number of ether oxygens (including phenoxy) is 4. The summed E-state index contributed by atoms with van der Waals surface area (Å²) in [5.74, 6) is -8.39. The van der Waals surface area contributed by atoms with E-state index in [0.717, 1.165) is 73.6 Å². The quantitative estimate of drug-likeness (QED) is 0.0170. The molecule has 4 aromatic heterocycles. The van der Waals surface area contributed by atoms with Gasteiger partial charge in [0, 0.05) is 87.4 Å². The number of halogens is 14. The summed E-state index contributed by atoms with van der Waals surface area (Å²) >= 11 is 13.0. The molecule has 0 spiro atoms. The van der Waals surface area contributed by atoms with E-state index in [9.17, 15) is 53.9 Å². The predicted molar refractivity (Wildman–Crippen MR) is 396 cm³/mol. The van der Waals surface area contributed by atoms with E-state index in [1.807, 2.05) is 81.8 Å². The number of nitrogens with two attached hydrogens (primary N) is 2. The van der Waals surface area contributed by atoms with Crippen LogP contribution >= 0.6 is 80.7 Å². The van der Waals surface area contributed by atoms with Gasteiger partial charge >= 0.3 is 77.8 Å². The molecule has 0 radical (unpaired) electrons. The van der Waals surface area contributed by atoms with Crippen LogP contribution < -0.4 is 11.5 Å². The number of nitriles is 1. The Kier molecular flexibility index (Phi) is 65.4. The molecule has 4 heterocycles. The summed E-state index contributed by atoms with van der Waals surface area (Å²) in [5, 5.41) is 61.9. The molecule has 4 aromatic rings. The fraction of sp³-hybridized carbons (Fsp3) is 0.576. The summed E-state index contributed by atoms with van der Waals surface area (Å²) in [6.45, 7) is 34.5. The summed E-state index contributed by atoms with van der Waals surface area (Å²) in [6, 6.07) is 17.3. The molecule has 40 heteroatoms. The van der Waals surface area contributed by atoms with Gasteiger partial charge in [0.25, 0.3) is 0 Å². The molecule has 3 saturated carbocycles. The summed E-state index contributed by atoms with van der Waals surface area (Å²) in [5.41, 5.74) is 14.0. The molecule has 24 nitrogen and oxygen atoms in total. The second kappa shape index (κ2) is 57.7. The molecule has 0 atom stereocenters. The third-order valence-corrected chi connectivity index (χ3v) is 11.7. The summed E-state index contributed by atoms with van der Waals surface area (Å²) in [4.78, 5) is 76.9. The van der Waals surface area contributed by atoms with E-state index in [2.05, 4.69) is 95.3 Å². The van der Waals surface area contributed by atoms with Crippen LogP contribution in [0.5, 0.6) is 0 Å². The van der Waals surface area contributed by atoms with Crippen molar-refractivity contribution in [2.75, 3.05) is 0 Å². The van der Waals surface area contributed by atoms with Crippen molar-refractivity contribution in [3.8, 4) is 6.07 Å². The number of carboxylic acid groups (broad SMARTS) is 3. The van der Waals surface area contributed by atoms with Crippen molar-refractivity contribution in [2.45, 2.75) is 246 Å². The van der Waals surface area contributed by atoms with E-state index < -0.39 is 65.6 Å². The third-order valence-electron chi connectivity index (χ3n) is 9.81. The molecule has 0 unspecified atom stereocenters. The molecule has 3 aliphatic carbocycles. The van der Waals surface area contributed by atoms with Crippen LogP contribution in [-0.4, -0.2) is 175 Å². The SMILES string of the molecule is Br.CC(C)(C)OC(=O)CC1(c2ccc(Br)nc2)CC1.CC(C)(C)OC(=O)OC(=O)OC(C)(C)C.CC(C)O.CC(C)O.CC(C)O.CC(C)O.N#Cc1ccc(Br)nc1.NC1(c2ccc(Br)nc2)CC1.NC1(c2ccc(Br)nc2)CC1.O=C(O)C(F)(F)F.O=C(O)C(F)(F)F.O=C(O)C(F)(F)F.[CH2-]C.[H-].[Mg+2].[Ti]. The second-order valence-corrected chi connectivity index (χ2v) is 28.5. The minimum absolute atomic E-state index is 0. The summed E-state index contributed by atoms with van der Waals surface area (Å²) in [7, 11) is 0. The Bertz CT molecular complexity index is 2930. The van der Waals surface area contributed by atoms with E-state index in [1.165, 1.54) is 6.20 Å². The van der Waals surface area contributed by atoms with Gasteiger partial charge in [0.2, 0.25) is 0 Å². The van der Waals surface area contributed by atoms with Gasteiger partial charge < -0.3 is 74.5 Å². The zero-order chi connectivity index (χ0) is 82.7. The molecule has 0 aromatic carbocycles. The monoisotopic (exact) mass is 1900 g/mol. The molecule has 7 rings (SSSR count). The van der Waals surface area contributed by atoms with Crippen molar-refractivity contribution in [3.05, 3.63) is 121 Å². The van der Waals surface area contributed by atoms with Gasteiger partial charge in [-0.25, -0.2) is 43.9 Å². The minimum Gasteiger partial charge on any atom is -1.00 e. The van der Waals surface area contributed by atoms with Gasteiger partial charge in [-0.05, 0) is 267 Å². The topological polar surface area (TPSA) is 408 Å². The molecule has 0 saturated heterocycles. The van der Waals surface area contributed by atoms with Gasteiger partial charge in [-0.2, -0.15) is 51.7 Å². The molecule has 0 amide bonds. The number of rotatable bonds is 5. The molecule has 106 heavy (non-hydrogen) atoms. The molecule has 3 fully saturated rings. The second-order valence-electron chi connectivity index (χ2n) is 25.3. The fourth-order valence-electron chi connectivity index (χ4n) is 5.30. The fourth-order valence-corrected chi connectivity index (χ4v) is 6.24. The van der Waals surface area contributed by atoms with Crippen LogP contribution in [0.2, 0.25) is 0 Å². The van der Waals surface area contributed by atoms with E-state index in [4.69, 9.17) is 81.1 Å². The molecular weight excluding hydrogens is 1810 g/mol. The van der Waals surface area contributed by atoms with Crippen molar-refractivity contribution in [3.63, 3.8) is 0 Å². The zero-order valence-electron chi connectivity index (χ0n) is 63.0. The average molecular weight is 1910 g/mol. The largest absolute Gasteiger partial charge is 2.00 e. The van der Waals surface area contributed by atoms with Crippen molar-refractivity contribution in [1.29, 1.82) is 5.26 Å². The number of aromatic nitrogens is 4. The number of nitrogens with zero attached hydrogens (tertiary/aromatic N) is 5. The van der Waals surface area contributed by atoms with Crippen molar-refractivity contribution >= 4 is 140 Å². The smallest absolute Gasteiger partial charge is 1.00 e. The number of pyridine rings is 4. The number of hydrogen-bond donors (Lipinski definition) is 9. The first kappa shape index (κ1) is 120. The van der Waals surface area contributed by atoms with Crippen LogP contribution in [0.25, 0.3) is 0 Å². The van der Waals surface area contributed by atoms with Gasteiger partial charge in [0.15, 0.2) is 0 Å². The number of aliphatic carboxylic acids is 3. The third kappa shape index (κ3) is 76.5. The molecule has 11 N–H and O–H groups in total. The van der Waals surface area contributed by atoms with Crippen molar-refractivity contribution in [1.82, 2.24) is 19.9 Å². The molecule has 604 valence electrons. The maximum atomic E-state index is 11.9. The summed E-state index contributed by atoms with van der Waals surface area (Å²) < 4.78 is 118. The van der Waals surface area contributed by atoms with Gasteiger partial charge in [0.1, 0.15) is 41.3 Å². The van der Waals surface area contributed by atoms with E-state index >= 15 is 0 Å². The Hall–Kier alpha value is -4.28. The Morgan fingerprint density at radius 3 is 0.868 bits per heavy atom. The summed E-state index contributed by atoms with van der Waals surface area (Å²) in [6.07, 6.45) is -4.08. The maximum Gasteiger partial charge on any atom is 2.00 e. The minimum atomic E-state index is -5.08. The van der Waals surface area contributed by atoms with Crippen molar-refractivity contribution in [2.24, 2.45) is 11.5 Å². The first-order chi connectivity index (χ1) is 46.3. The number of carbonyl (C=O) groups excluding carboxylic acids is 3. The van der Waals surface area contributed by atoms with Gasteiger partial charge in [-0.15, -0.1) is 17.0 Å². The van der Waals surface area contributed by atoms with Gasteiger partial charge in [-0.1, -0.05) is 18.2 Å². The van der Waals surface area contributed by atoms with E-state index in [0.29, 0.717) is 12.0 Å². The van der Waals surface area contributed by atoms with Crippen LogP contribution in [0.15, 0.2) is 91.7 Å². The predicted octanol–water partition coefficient (Wildman–Crippen LogP) is 16.4. The zero-order valence-corrected chi connectivity index (χ0v) is 73.1. The Balaban J connectivity index is -0.000000123. The number of carboxylic acids is 3. The number of esters is 1. The van der Waals surface area contributed by atoms with Crippen LogP contribution in [0.4, 0.5) is 49.1 Å². The number of carbonyl (C=O) groups is 6. The maximum absolute atomic E-state index is 11.9. The van der Waals surface area contributed by atoms with Crippen LogP contribution in [0.1, 0.15) is 193 Å². The number of aliphatic hydroxyl groups excluding tert-OH is 4. The molecule has 0 bridgehead atoms. The Labute approximate surface area is 690 Å². The van der Waals surface area contributed by atoms with Gasteiger partial charge in [-0.3, -0.25) is 4.79 Å². The van der Waals surface area contributed by atoms with Crippen LogP contribution in [0, 0.1) is 18.3 Å². The Morgan fingerprint density at radius 2 is 0.708 bits per heavy atom. The van der Waals surface area contributed by atoms with Crippen molar-refractivity contribution < 1.29 is 146 Å². The van der Waals surface area contributed by atoms with Crippen LogP contribution in [-0.2, 0) is 76.3 Å². The van der Waals surface area contributed by atoms with E-state index in [-0.39, 0.29) is 110 Å². The molecule has 0 aliphatic heterocycles. The number of alkyl halides is 9. The average Bonchev–Trinajstić information content (AvgIpc) is 1.63. The first-order valence-corrected chi connectivity index (χ1v) is 33.6. The van der Waals surface area contributed by atoms with E-state index in [1.54, 1.807) is 116 Å². The van der Waals surface area contributed by atoms with Crippen LogP contribution in [0.3, 0.4) is 0 Å². The molecular formula is C66H99Br5F9MgN7O17Ti. The number of hydrogen-bond acceptors (Lipinski definition) is 21. The number of aliphatic hydroxyl groups is 4. The first-order valence-electron chi connectivity index (χ1n) is 30.4. The standard InChI is InChI=1S/C14H18BrNO2.C10H18O5.2C8H9BrN2.C6H3BrN2.4C3H8O.3C2HF3O2.C2H5.BrH.Mg.Ti.H/c1-13(2,3)18-12(17)8-14(6-7-14)10-4-5-11(15)16-9-10;1-9(2,3)14-7(11)13-8(12)15-10(4,5)6;2*9-7-2-1-6(5-11-7)8(10)3-4-8;7-6-2-1-5(3-8)4-9-6;4*1-3(2)4;3*3-2(4,5)1(6)7;1-2;;;;/h4-5,9H,6-8H2,1-3H3;1-6H3;2*1-2,5H,3-4,10H2;1-2,4H;4*3-4H,1-2H3;3*(H,6,7);1H2,2H3;1H;;;/q;;;;;;;;;;;;-1;;+2;;-1. The van der Waals surface area contributed by atoms with Gasteiger partial charge in [0.05, 0.1) is 12.0 Å². The Morgan fingerprint density at radius 1 is 0.491 bits per heavy atom. The normalized spacial score (nSPS) is 13.1.